The minimum atomic E-state index is 0.602. The number of hydrogen-bond donors (Lipinski definition) is 3. The lowest BCUT2D eigenvalue weighted by molar-refractivity contribution is 0.982. The maximum absolute atomic E-state index is 6.22. The molecule has 3 heterocycles. The Morgan fingerprint density at radius 3 is 2.85 bits per heavy atom. The minimum absolute atomic E-state index is 0.602. The number of fused-ring (bicyclic) bond motifs is 2. The molecule has 8 heteroatoms. The third-order valence-electron chi connectivity index (χ3n) is 5.56. The molecular formula is C26H22ClN7. The van der Waals surface area contributed by atoms with Gasteiger partial charge in [0, 0.05) is 47.5 Å². The Labute approximate surface area is 201 Å². The molecule has 34 heavy (non-hydrogen) atoms. The molecule has 0 saturated carbocycles. The van der Waals surface area contributed by atoms with Crippen LogP contribution in [-0.4, -0.2) is 38.4 Å². The van der Waals surface area contributed by atoms with Gasteiger partial charge in [-0.1, -0.05) is 42.4 Å². The van der Waals surface area contributed by atoms with E-state index in [-0.39, 0.29) is 0 Å². The lowest BCUT2D eigenvalue weighted by Gasteiger charge is -2.02. The summed E-state index contributed by atoms with van der Waals surface area (Å²) in [5.74, 6) is 0.679. The van der Waals surface area contributed by atoms with Gasteiger partial charge in [0.1, 0.15) is 5.69 Å². The van der Waals surface area contributed by atoms with Gasteiger partial charge in [-0.05, 0) is 42.3 Å². The van der Waals surface area contributed by atoms with E-state index in [2.05, 4.69) is 37.1 Å². The van der Waals surface area contributed by atoms with Crippen molar-refractivity contribution in [3.8, 4) is 22.6 Å². The molecular weight excluding hydrogens is 446 g/mol. The van der Waals surface area contributed by atoms with Crippen molar-refractivity contribution in [3.05, 3.63) is 83.8 Å². The van der Waals surface area contributed by atoms with Gasteiger partial charge in [-0.25, -0.2) is 9.97 Å². The zero-order valence-electron chi connectivity index (χ0n) is 18.7. The van der Waals surface area contributed by atoms with Crippen LogP contribution in [0, 0.1) is 0 Å². The quantitative estimate of drug-likeness (QED) is 0.267. The Hall–Kier alpha value is -4.23. The van der Waals surface area contributed by atoms with Crippen LogP contribution in [0.1, 0.15) is 12.5 Å². The summed E-state index contributed by atoms with van der Waals surface area (Å²) in [4.78, 5) is 17.1. The van der Waals surface area contributed by atoms with Crippen LogP contribution in [0.3, 0.4) is 0 Å². The van der Waals surface area contributed by atoms with Gasteiger partial charge in [-0.2, -0.15) is 5.10 Å². The Morgan fingerprint density at radius 2 is 2.03 bits per heavy atom. The minimum Gasteiger partial charge on any atom is -0.390 e. The molecule has 0 atom stereocenters. The van der Waals surface area contributed by atoms with Gasteiger partial charge in [-0.15, -0.1) is 0 Å². The van der Waals surface area contributed by atoms with E-state index < -0.39 is 0 Å². The van der Waals surface area contributed by atoms with Crippen LogP contribution in [0.2, 0.25) is 5.02 Å². The van der Waals surface area contributed by atoms with Gasteiger partial charge in [0.05, 0.1) is 16.4 Å². The van der Waals surface area contributed by atoms with E-state index in [0.717, 1.165) is 50.1 Å². The fourth-order valence-corrected chi connectivity index (χ4v) is 3.86. The molecule has 2 aromatic carbocycles. The van der Waals surface area contributed by atoms with Crippen molar-refractivity contribution >= 4 is 45.5 Å². The number of aromatic amines is 2. The van der Waals surface area contributed by atoms with Gasteiger partial charge >= 0.3 is 0 Å². The predicted octanol–water partition coefficient (Wildman–Crippen LogP) is 5.99. The summed E-state index contributed by atoms with van der Waals surface area (Å²) in [5, 5.41) is 12.0. The summed E-state index contributed by atoms with van der Waals surface area (Å²) in [6.07, 6.45) is 5.19. The highest BCUT2D eigenvalue weighted by Gasteiger charge is 2.16. The van der Waals surface area contributed by atoms with Gasteiger partial charge < -0.3 is 10.3 Å². The van der Waals surface area contributed by atoms with Gasteiger partial charge in [0.2, 0.25) is 0 Å². The van der Waals surface area contributed by atoms with E-state index in [0.29, 0.717) is 16.5 Å². The fourth-order valence-electron chi connectivity index (χ4n) is 3.67. The van der Waals surface area contributed by atoms with E-state index in [1.165, 1.54) is 0 Å². The summed E-state index contributed by atoms with van der Waals surface area (Å²) in [6.45, 7) is 6.07. The first-order valence-electron chi connectivity index (χ1n) is 10.7. The first-order valence-corrected chi connectivity index (χ1v) is 11.1. The molecule has 5 rings (SSSR count). The average molecular weight is 468 g/mol. The van der Waals surface area contributed by atoms with Crippen LogP contribution >= 0.6 is 11.6 Å². The molecule has 3 N–H and O–H groups in total. The number of allylic oxidation sites excluding steroid dienone is 2. The van der Waals surface area contributed by atoms with Crippen molar-refractivity contribution in [1.29, 1.82) is 0 Å². The Kier molecular flexibility index (Phi) is 5.69. The average Bonchev–Trinajstić information content (AvgIpc) is 3.47. The van der Waals surface area contributed by atoms with Gasteiger partial charge in [-0.3, -0.25) is 10.1 Å². The molecule has 0 unspecified atom stereocenters. The van der Waals surface area contributed by atoms with E-state index in [4.69, 9.17) is 16.6 Å². The Bertz CT molecular complexity index is 1590. The largest absolute Gasteiger partial charge is 0.390 e. The standard InChI is InChI=1S/C26H22ClN7/c1-15(12-29-13-16(2)28-3)18-11-21-24(33-34-25(21)30-14-18)26-31-22-9-5-8-20(23(22)32-26)17-6-4-7-19(27)10-17/h4-14,28H,1H2,2-3H3,(H,31,32)(H,30,33,34)/b16-13+,29-12?. The highest BCUT2D eigenvalue weighted by molar-refractivity contribution is 6.30. The molecule has 0 radical (unpaired) electrons. The maximum Gasteiger partial charge on any atom is 0.181 e. The van der Waals surface area contributed by atoms with Crippen LogP contribution in [0.15, 0.2) is 78.2 Å². The molecule has 0 saturated heterocycles. The maximum atomic E-state index is 6.22. The number of rotatable bonds is 6. The number of pyridine rings is 1. The number of H-pyrrole nitrogens is 2. The third-order valence-corrected chi connectivity index (χ3v) is 5.79. The molecule has 7 nitrogen and oxygen atoms in total. The van der Waals surface area contributed by atoms with E-state index in [1.54, 1.807) is 18.6 Å². The molecule has 0 aliphatic carbocycles. The first-order chi connectivity index (χ1) is 16.5. The van der Waals surface area contributed by atoms with Crippen molar-refractivity contribution in [2.24, 2.45) is 4.99 Å². The molecule has 5 aromatic rings. The first kappa shape index (κ1) is 21.6. The molecule has 0 aliphatic rings. The molecule has 0 fully saturated rings. The third kappa shape index (κ3) is 4.09. The summed E-state index contributed by atoms with van der Waals surface area (Å²) in [5.41, 5.74) is 7.69. The highest BCUT2D eigenvalue weighted by atomic mass is 35.5. The number of aliphatic imine (C=N–C) groups is 1. The van der Waals surface area contributed by atoms with Crippen LogP contribution in [0.4, 0.5) is 0 Å². The molecule has 168 valence electrons. The SMILES string of the molecule is C=C(C=N/C=C(\C)NC)c1cnc2n[nH]c(-c3nc4c(-c5cccc(Cl)c5)cccc4[nH]3)c2c1. The summed E-state index contributed by atoms with van der Waals surface area (Å²) in [7, 11) is 1.85. The van der Waals surface area contributed by atoms with Gasteiger partial charge in [0.15, 0.2) is 11.5 Å². The fraction of sp³-hybridized carbons (Fsp3) is 0.0769. The topological polar surface area (TPSA) is 94.6 Å². The molecule has 0 aliphatic heterocycles. The Balaban J connectivity index is 1.56. The van der Waals surface area contributed by atoms with Crippen LogP contribution in [0.25, 0.3) is 50.3 Å². The smallest absolute Gasteiger partial charge is 0.181 e. The van der Waals surface area contributed by atoms with Crippen molar-refractivity contribution in [3.63, 3.8) is 0 Å². The second-order valence-electron chi connectivity index (χ2n) is 7.86. The molecule has 0 amide bonds. The van der Waals surface area contributed by atoms with Crippen molar-refractivity contribution in [2.45, 2.75) is 6.92 Å². The molecule has 0 spiro atoms. The number of para-hydroxylation sites is 1. The number of halogens is 1. The zero-order chi connectivity index (χ0) is 23.7. The van der Waals surface area contributed by atoms with Gasteiger partial charge in [0.25, 0.3) is 0 Å². The summed E-state index contributed by atoms with van der Waals surface area (Å²) in [6, 6.07) is 15.8. The number of imidazole rings is 1. The molecule has 0 bridgehead atoms. The van der Waals surface area contributed by atoms with E-state index in [9.17, 15) is 0 Å². The van der Waals surface area contributed by atoms with Crippen molar-refractivity contribution in [1.82, 2.24) is 30.5 Å². The zero-order valence-corrected chi connectivity index (χ0v) is 19.5. The van der Waals surface area contributed by atoms with Crippen LogP contribution in [-0.2, 0) is 0 Å². The van der Waals surface area contributed by atoms with E-state index in [1.807, 2.05) is 62.5 Å². The predicted molar refractivity (Wildman–Crippen MR) is 140 cm³/mol. The van der Waals surface area contributed by atoms with E-state index >= 15 is 0 Å². The van der Waals surface area contributed by atoms with Crippen LogP contribution in [0.5, 0.6) is 0 Å². The second-order valence-corrected chi connectivity index (χ2v) is 8.29. The number of aromatic nitrogens is 5. The number of nitrogens with one attached hydrogen (secondary N) is 3. The highest BCUT2D eigenvalue weighted by Crippen LogP contribution is 2.32. The monoisotopic (exact) mass is 467 g/mol. The number of hydrogen-bond acceptors (Lipinski definition) is 5. The normalized spacial score (nSPS) is 12.1. The van der Waals surface area contributed by atoms with Crippen molar-refractivity contribution in [2.75, 3.05) is 7.05 Å². The lowest BCUT2D eigenvalue weighted by atomic mass is 10.0. The van der Waals surface area contributed by atoms with Crippen molar-refractivity contribution < 1.29 is 0 Å². The Morgan fingerprint density at radius 1 is 1.18 bits per heavy atom. The summed E-state index contributed by atoms with van der Waals surface area (Å²) >= 11 is 6.22. The number of benzene rings is 2. The lowest BCUT2D eigenvalue weighted by Crippen LogP contribution is -2.00. The molecule has 3 aromatic heterocycles. The number of nitrogens with zero attached hydrogens (tertiary/aromatic N) is 4. The second kappa shape index (κ2) is 8.96. The van der Waals surface area contributed by atoms with Crippen LogP contribution < -0.4 is 5.32 Å². The summed E-state index contributed by atoms with van der Waals surface area (Å²) < 4.78 is 0.